The van der Waals surface area contributed by atoms with Gasteiger partial charge in [-0.2, -0.15) is 4.98 Å². The summed E-state index contributed by atoms with van der Waals surface area (Å²) in [6, 6.07) is 1.74. The van der Waals surface area contributed by atoms with E-state index < -0.39 is 9.84 Å². The first kappa shape index (κ1) is 14.7. The Kier molecular flexibility index (Phi) is 4.89. The molecule has 0 aliphatic heterocycles. The fourth-order valence-electron chi connectivity index (χ4n) is 1.27. The molecule has 0 aromatic carbocycles. The van der Waals surface area contributed by atoms with Crippen LogP contribution in [0.2, 0.25) is 0 Å². The number of aryl methyl sites for hydroxylation is 1. The van der Waals surface area contributed by atoms with Crippen LogP contribution in [0.15, 0.2) is 6.07 Å². The number of nitrogens with zero attached hydrogens (tertiary/aromatic N) is 2. The Hall–Kier alpha value is -1.37. The highest BCUT2D eigenvalue weighted by atomic mass is 32.2. The molecular weight excluding hydrogens is 254 g/mol. The van der Waals surface area contributed by atoms with E-state index in [1.165, 1.54) is 6.26 Å². The van der Waals surface area contributed by atoms with Crippen LogP contribution in [0.4, 0.5) is 5.95 Å². The van der Waals surface area contributed by atoms with Crippen LogP contribution < -0.4 is 10.1 Å². The molecule has 1 N–H and O–H groups in total. The van der Waals surface area contributed by atoms with E-state index in [9.17, 15) is 8.42 Å². The van der Waals surface area contributed by atoms with Crippen molar-refractivity contribution >= 4 is 15.8 Å². The van der Waals surface area contributed by atoms with Crippen LogP contribution in [0.3, 0.4) is 0 Å². The van der Waals surface area contributed by atoms with Crippen molar-refractivity contribution in [3.8, 4) is 5.88 Å². The zero-order chi connectivity index (χ0) is 13.8. The normalized spacial score (nSPS) is 11.6. The van der Waals surface area contributed by atoms with Gasteiger partial charge in [-0.1, -0.05) is 0 Å². The lowest BCUT2D eigenvalue weighted by Gasteiger charge is -2.11. The maximum Gasteiger partial charge on any atom is 0.226 e. The topological polar surface area (TPSA) is 81.2 Å². The summed E-state index contributed by atoms with van der Waals surface area (Å²) in [5.41, 5.74) is 0.766. The van der Waals surface area contributed by atoms with Gasteiger partial charge in [-0.15, -0.1) is 0 Å². The smallest absolute Gasteiger partial charge is 0.226 e. The summed E-state index contributed by atoms with van der Waals surface area (Å²) in [4.78, 5) is 8.32. The van der Waals surface area contributed by atoms with E-state index in [0.29, 0.717) is 11.8 Å². The molecule has 0 aliphatic carbocycles. The Bertz CT molecular complexity index is 500. The van der Waals surface area contributed by atoms with Crippen LogP contribution in [-0.2, 0) is 9.84 Å². The second kappa shape index (κ2) is 5.99. The number of nitrogens with one attached hydrogen (secondary N) is 1. The van der Waals surface area contributed by atoms with Gasteiger partial charge < -0.3 is 10.1 Å². The summed E-state index contributed by atoms with van der Waals surface area (Å²) in [5, 5.41) is 2.87. The van der Waals surface area contributed by atoms with Crippen molar-refractivity contribution < 1.29 is 13.2 Å². The number of hydrogen-bond donors (Lipinski definition) is 1. The van der Waals surface area contributed by atoms with E-state index in [-0.39, 0.29) is 18.4 Å². The quantitative estimate of drug-likeness (QED) is 0.833. The van der Waals surface area contributed by atoms with Crippen molar-refractivity contribution in [3.63, 3.8) is 0 Å². The lowest BCUT2D eigenvalue weighted by atomic mass is 10.4. The molecule has 0 saturated carbocycles. The van der Waals surface area contributed by atoms with Crippen molar-refractivity contribution in [2.45, 2.75) is 26.9 Å². The summed E-state index contributed by atoms with van der Waals surface area (Å²) in [5.74, 6) is 0.915. The van der Waals surface area contributed by atoms with Gasteiger partial charge in [0.05, 0.1) is 11.9 Å². The average molecular weight is 273 g/mol. The van der Waals surface area contributed by atoms with Crippen molar-refractivity contribution in [1.82, 2.24) is 9.97 Å². The number of hydrogen-bond acceptors (Lipinski definition) is 6. The molecule has 0 unspecified atom stereocenters. The lowest BCUT2D eigenvalue weighted by Crippen LogP contribution is -2.16. The van der Waals surface area contributed by atoms with Gasteiger partial charge >= 0.3 is 0 Å². The zero-order valence-electron chi connectivity index (χ0n) is 11.1. The largest absolute Gasteiger partial charge is 0.475 e. The van der Waals surface area contributed by atoms with Gasteiger partial charge in [0.1, 0.15) is 9.84 Å². The molecule has 0 amide bonds. The molecule has 0 radical (unpaired) electrons. The van der Waals surface area contributed by atoms with Crippen molar-refractivity contribution in [3.05, 3.63) is 11.8 Å². The van der Waals surface area contributed by atoms with Gasteiger partial charge in [0, 0.05) is 24.6 Å². The third-order valence-electron chi connectivity index (χ3n) is 1.94. The van der Waals surface area contributed by atoms with E-state index >= 15 is 0 Å². The highest BCUT2D eigenvalue weighted by Crippen LogP contribution is 2.13. The molecule has 0 spiro atoms. The molecule has 0 aliphatic rings. The molecule has 6 nitrogen and oxygen atoms in total. The van der Waals surface area contributed by atoms with Crippen LogP contribution in [-0.4, -0.2) is 43.0 Å². The Balaban J connectivity index is 2.68. The summed E-state index contributed by atoms with van der Waals surface area (Å²) in [6.07, 6.45) is 1.22. The van der Waals surface area contributed by atoms with Crippen molar-refractivity contribution in [1.29, 1.82) is 0 Å². The molecule has 0 saturated heterocycles. The molecule has 0 atom stereocenters. The van der Waals surface area contributed by atoms with Gasteiger partial charge in [0.25, 0.3) is 0 Å². The first-order valence-corrected chi connectivity index (χ1v) is 7.76. The Morgan fingerprint density at radius 3 is 2.61 bits per heavy atom. The maximum atomic E-state index is 11.0. The average Bonchev–Trinajstić information content (AvgIpc) is 2.12. The first-order chi connectivity index (χ1) is 8.26. The molecule has 18 heavy (non-hydrogen) atoms. The van der Waals surface area contributed by atoms with Gasteiger partial charge in [0.15, 0.2) is 0 Å². The van der Waals surface area contributed by atoms with Crippen LogP contribution in [0.1, 0.15) is 19.5 Å². The molecule has 1 rings (SSSR count). The van der Waals surface area contributed by atoms with Crippen molar-refractivity contribution in [2.24, 2.45) is 0 Å². The van der Waals surface area contributed by atoms with Crippen LogP contribution >= 0.6 is 0 Å². The molecule has 102 valence electrons. The Labute approximate surface area is 108 Å². The van der Waals surface area contributed by atoms with Gasteiger partial charge in [-0.25, -0.2) is 13.4 Å². The number of anilines is 1. The van der Waals surface area contributed by atoms with E-state index in [1.54, 1.807) is 6.07 Å². The Morgan fingerprint density at radius 2 is 2.06 bits per heavy atom. The fourth-order valence-corrected chi connectivity index (χ4v) is 1.74. The minimum Gasteiger partial charge on any atom is -0.475 e. The van der Waals surface area contributed by atoms with E-state index in [1.807, 2.05) is 20.8 Å². The predicted molar refractivity (Wildman–Crippen MR) is 70.7 cm³/mol. The lowest BCUT2D eigenvalue weighted by molar-refractivity contribution is 0.232. The monoisotopic (exact) mass is 273 g/mol. The molecule has 0 bridgehead atoms. The second-order valence-corrected chi connectivity index (χ2v) is 6.65. The minimum absolute atomic E-state index is 0.0307. The molecule has 1 aromatic heterocycles. The number of sulfone groups is 1. The fraction of sp³-hybridized carbons (Fsp3) is 0.636. The summed E-state index contributed by atoms with van der Waals surface area (Å²) in [7, 11) is -2.98. The first-order valence-electron chi connectivity index (χ1n) is 5.70. The van der Waals surface area contributed by atoms with Gasteiger partial charge in [-0.3, -0.25) is 0 Å². The molecule has 1 aromatic rings. The minimum atomic E-state index is -2.98. The Morgan fingerprint density at radius 1 is 1.39 bits per heavy atom. The van der Waals surface area contributed by atoms with Crippen LogP contribution in [0.25, 0.3) is 0 Å². The van der Waals surface area contributed by atoms with E-state index in [4.69, 9.17) is 4.74 Å². The SMILES string of the molecule is Cc1cc(OC(C)C)nc(NCCS(C)(=O)=O)n1. The maximum absolute atomic E-state index is 11.0. The number of ether oxygens (including phenoxy) is 1. The van der Waals surface area contributed by atoms with Crippen LogP contribution in [0.5, 0.6) is 5.88 Å². The summed E-state index contributed by atoms with van der Waals surface area (Å²) < 4.78 is 27.5. The highest BCUT2D eigenvalue weighted by molar-refractivity contribution is 7.90. The standard InChI is InChI=1S/C11H19N3O3S/c1-8(2)17-10-7-9(3)13-11(14-10)12-5-6-18(4,15)16/h7-8H,5-6H2,1-4H3,(H,12,13,14). The molecule has 7 heteroatoms. The molecular formula is C11H19N3O3S. The van der Waals surface area contributed by atoms with E-state index in [2.05, 4.69) is 15.3 Å². The van der Waals surface area contributed by atoms with E-state index in [0.717, 1.165) is 5.69 Å². The van der Waals surface area contributed by atoms with Crippen LogP contribution in [0, 0.1) is 6.92 Å². The van der Waals surface area contributed by atoms with Gasteiger partial charge in [0.2, 0.25) is 11.8 Å². The number of aromatic nitrogens is 2. The zero-order valence-corrected chi connectivity index (χ0v) is 11.9. The van der Waals surface area contributed by atoms with Gasteiger partial charge in [-0.05, 0) is 20.8 Å². The molecule has 0 fully saturated rings. The second-order valence-electron chi connectivity index (χ2n) is 4.39. The summed E-state index contributed by atoms with van der Waals surface area (Å²) >= 11 is 0. The highest BCUT2D eigenvalue weighted by Gasteiger charge is 2.06. The predicted octanol–water partition coefficient (Wildman–Crippen LogP) is 1.03. The third-order valence-corrected chi connectivity index (χ3v) is 2.89. The van der Waals surface area contributed by atoms with Crippen molar-refractivity contribution in [2.75, 3.05) is 23.9 Å². The summed E-state index contributed by atoms with van der Waals surface area (Å²) in [6.45, 7) is 5.93. The third kappa shape index (κ3) is 5.81. The number of rotatable bonds is 6. The molecule has 1 heterocycles.